The summed E-state index contributed by atoms with van der Waals surface area (Å²) in [6.45, 7) is -1.05. The van der Waals surface area contributed by atoms with Crippen molar-refractivity contribution in [1.82, 2.24) is 0 Å². The molecule has 1 fully saturated rings. The lowest BCUT2D eigenvalue weighted by molar-refractivity contribution is -0.393. The Bertz CT molecular complexity index is 2910. The van der Waals surface area contributed by atoms with Gasteiger partial charge in [-0.15, -0.1) is 0 Å². The highest BCUT2D eigenvalue weighted by atomic mass is 16.7. The summed E-state index contributed by atoms with van der Waals surface area (Å²) in [5, 5.41) is 26.1. The summed E-state index contributed by atoms with van der Waals surface area (Å²) in [5.74, 6) is -2.37. The third kappa shape index (κ3) is 13.3. The first-order valence-corrected chi connectivity index (χ1v) is 22.7. The van der Waals surface area contributed by atoms with E-state index < -0.39 is 82.4 Å². The third-order valence-corrected chi connectivity index (χ3v) is 11.5. The summed E-state index contributed by atoms with van der Waals surface area (Å²) in [5.41, 5.74) is -1.41. The Morgan fingerprint density at radius 1 is 0.500 bits per heavy atom. The van der Waals surface area contributed by atoms with E-state index in [2.05, 4.69) is 5.32 Å². The molecule has 1 N–H and O–H groups in total. The number of rotatable bonds is 25. The summed E-state index contributed by atoms with van der Waals surface area (Å²) in [7, 11) is 11.0. The van der Waals surface area contributed by atoms with Crippen LogP contribution in [-0.2, 0) is 28.4 Å². The summed E-state index contributed by atoms with van der Waals surface area (Å²) >= 11 is 0. The molecule has 0 amide bonds. The van der Waals surface area contributed by atoms with Gasteiger partial charge >= 0.3 is 23.9 Å². The lowest BCUT2D eigenvalue weighted by Gasteiger charge is -2.44. The number of nitrogens with one attached hydrogen (secondary N) is 1. The number of nitro groups is 2. The Kier molecular flexibility index (Phi) is 19.4. The SMILES string of the molecule is COc1ccc(C(=O)OC[C@H]2O[C@H](OCCCNc3ccc([N+](=O)[O-])cc3[N+](=O)[O-])[C@H](OC(=O)c3ccc(OC)c(OC)c3)[C@@H](OC(=O)c3ccc(OC)c(OC)c3)[C@@H]2OC(=O)c2ccc(OC)c(OC)c2)cc1OC. The van der Waals surface area contributed by atoms with Gasteiger partial charge in [-0.3, -0.25) is 20.2 Å². The monoisotopic (exact) mass is 1060 g/mol. The van der Waals surface area contributed by atoms with Gasteiger partial charge in [-0.05, 0) is 85.3 Å². The number of methoxy groups -OCH3 is 8. The van der Waals surface area contributed by atoms with E-state index in [0.717, 1.165) is 12.1 Å². The van der Waals surface area contributed by atoms with Crippen LogP contribution in [0.1, 0.15) is 47.9 Å². The molecule has 0 aromatic heterocycles. The van der Waals surface area contributed by atoms with Crippen LogP contribution in [-0.4, -0.2) is 141 Å². The molecule has 1 saturated heterocycles. The molecule has 6 rings (SSSR count). The second-order valence-corrected chi connectivity index (χ2v) is 15.9. The highest BCUT2D eigenvalue weighted by Gasteiger charge is 2.54. The maximum atomic E-state index is 14.5. The van der Waals surface area contributed by atoms with Crippen LogP contribution in [0.2, 0.25) is 0 Å². The summed E-state index contributed by atoms with van der Waals surface area (Å²) in [4.78, 5) is 78.7. The fourth-order valence-corrected chi connectivity index (χ4v) is 7.65. The van der Waals surface area contributed by atoms with Crippen molar-refractivity contribution in [3.63, 3.8) is 0 Å². The molecule has 0 radical (unpaired) electrons. The van der Waals surface area contributed by atoms with E-state index in [1.807, 2.05) is 0 Å². The van der Waals surface area contributed by atoms with Crippen molar-refractivity contribution >= 4 is 40.9 Å². The van der Waals surface area contributed by atoms with Crippen molar-refractivity contribution in [1.29, 1.82) is 0 Å². The minimum absolute atomic E-state index is 0.000882. The van der Waals surface area contributed by atoms with Crippen molar-refractivity contribution in [2.75, 3.05) is 82.0 Å². The average molecular weight is 1060 g/mol. The van der Waals surface area contributed by atoms with Crippen LogP contribution in [0.15, 0.2) is 91.0 Å². The van der Waals surface area contributed by atoms with Crippen LogP contribution >= 0.6 is 0 Å². The number of nitro benzene ring substituents is 2. The van der Waals surface area contributed by atoms with Crippen molar-refractivity contribution in [2.45, 2.75) is 37.1 Å². The molecule has 25 heteroatoms. The van der Waals surface area contributed by atoms with Gasteiger partial charge in [0.05, 0.1) is 102 Å². The van der Waals surface area contributed by atoms with Crippen LogP contribution in [0.25, 0.3) is 0 Å². The number of nitrogens with zero attached hydrogens (tertiary/aromatic N) is 2. The summed E-state index contributed by atoms with van der Waals surface area (Å²) in [6, 6.07) is 19.7. The van der Waals surface area contributed by atoms with Gasteiger partial charge in [0.15, 0.2) is 70.6 Å². The van der Waals surface area contributed by atoms with E-state index in [0.29, 0.717) is 5.75 Å². The summed E-state index contributed by atoms with van der Waals surface area (Å²) in [6.07, 6.45) is -8.83. The van der Waals surface area contributed by atoms with Gasteiger partial charge in [-0.25, -0.2) is 19.2 Å². The predicted molar refractivity (Wildman–Crippen MR) is 264 cm³/mol. The van der Waals surface area contributed by atoms with Crippen molar-refractivity contribution in [3.8, 4) is 46.0 Å². The van der Waals surface area contributed by atoms with Gasteiger partial charge in [-0.2, -0.15) is 0 Å². The van der Waals surface area contributed by atoms with Crippen LogP contribution in [0.3, 0.4) is 0 Å². The molecule has 0 unspecified atom stereocenters. The van der Waals surface area contributed by atoms with Crippen LogP contribution in [0.4, 0.5) is 17.1 Å². The standard InChI is InChI=1S/C51H53N3O22/c1-63-35-16-10-28(22-39(35)67-5)47(55)72-27-43-44(74-48(56)29-11-17-36(64-2)40(23-29)68-6)45(75-49(57)30-12-18-37(65-3)41(24-30)69-7)46(76-50(58)31-13-19-38(66-4)42(25-31)70-8)51(73-43)71-21-9-20-52-33-15-14-32(53(59)60)26-34(33)54(61)62/h10-19,22-26,43-46,51-52H,9,20-21,27H2,1-8H3/t43-,44-,45+,46-,51+/m1/s1. The zero-order chi connectivity index (χ0) is 55.1. The van der Waals surface area contributed by atoms with Crippen molar-refractivity contribution in [3.05, 3.63) is 133 Å². The fourth-order valence-electron chi connectivity index (χ4n) is 7.65. The van der Waals surface area contributed by atoms with Crippen LogP contribution in [0.5, 0.6) is 46.0 Å². The van der Waals surface area contributed by atoms with E-state index in [4.69, 9.17) is 66.3 Å². The van der Waals surface area contributed by atoms with Crippen LogP contribution < -0.4 is 43.2 Å². The molecule has 76 heavy (non-hydrogen) atoms. The smallest absolute Gasteiger partial charge is 0.338 e. The first-order valence-electron chi connectivity index (χ1n) is 22.7. The number of carbonyl (C=O) groups is 4. The molecule has 25 nitrogen and oxygen atoms in total. The maximum absolute atomic E-state index is 14.5. The summed E-state index contributed by atoms with van der Waals surface area (Å²) < 4.78 is 80.1. The van der Waals surface area contributed by atoms with E-state index in [9.17, 15) is 39.4 Å². The average Bonchev–Trinajstić information content (AvgIpc) is 3.44. The number of benzene rings is 5. The van der Waals surface area contributed by atoms with Crippen LogP contribution in [0, 0.1) is 20.2 Å². The van der Waals surface area contributed by atoms with E-state index in [1.54, 1.807) is 0 Å². The van der Waals surface area contributed by atoms with Gasteiger partial charge in [-0.1, -0.05) is 0 Å². The zero-order valence-corrected chi connectivity index (χ0v) is 42.3. The minimum atomic E-state index is -1.88. The molecular weight excluding hydrogens is 1010 g/mol. The number of hydrogen-bond acceptors (Lipinski definition) is 23. The van der Waals surface area contributed by atoms with Gasteiger partial charge in [0.1, 0.15) is 18.4 Å². The maximum Gasteiger partial charge on any atom is 0.338 e. The lowest BCUT2D eigenvalue weighted by atomic mass is 9.97. The topological polar surface area (TPSA) is 296 Å². The number of hydrogen-bond donors (Lipinski definition) is 1. The first kappa shape index (κ1) is 56.2. The lowest BCUT2D eigenvalue weighted by Crippen LogP contribution is -2.63. The van der Waals surface area contributed by atoms with Gasteiger partial charge < -0.3 is 71.6 Å². The minimum Gasteiger partial charge on any atom is -0.493 e. The van der Waals surface area contributed by atoms with E-state index in [1.165, 1.54) is 136 Å². The molecule has 0 aliphatic carbocycles. The highest BCUT2D eigenvalue weighted by Crippen LogP contribution is 2.36. The molecule has 5 atom stereocenters. The van der Waals surface area contributed by atoms with E-state index >= 15 is 0 Å². The van der Waals surface area contributed by atoms with Gasteiger partial charge in [0.25, 0.3) is 11.4 Å². The zero-order valence-electron chi connectivity index (χ0n) is 42.3. The number of anilines is 1. The van der Waals surface area contributed by atoms with Crippen molar-refractivity contribution < 1.29 is 95.3 Å². The molecule has 0 saturated carbocycles. The molecule has 1 aliphatic rings. The molecule has 404 valence electrons. The largest absolute Gasteiger partial charge is 0.493 e. The molecular formula is C51H53N3O22. The van der Waals surface area contributed by atoms with Crippen molar-refractivity contribution in [2.24, 2.45) is 0 Å². The molecule has 1 heterocycles. The number of carbonyl (C=O) groups excluding carboxylic acids is 4. The Hall–Kier alpha value is -9.10. The Morgan fingerprint density at radius 2 is 0.908 bits per heavy atom. The number of ether oxygens (including phenoxy) is 14. The second-order valence-electron chi connectivity index (χ2n) is 15.9. The molecule has 5 aromatic rings. The van der Waals surface area contributed by atoms with E-state index in [-0.39, 0.29) is 87.8 Å². The third-order valence-electron chi connectivity index (χ3n) is 11.5. The van der Waals surface area contributed by atoms with Gasteiger partial charge in [0.2, 0.25) is 0 Å². The molecule has 5 aromatic carbocycles. The molecule has 0 bridgehead atoms. The number of esters is 4. The number of non-ortho nitro benzene ring substituents is 1. The second kappa shape index (κ2) is 26.2. The quantitative estimate of drug-likeness (QED) is 0.0210. The first-order chi connectivity index (χ1) is 36.6. The predicted octanol–water partition coefficient (Wildman–Crippen LogP) is 6.65. The molecule has 1 aliphatic heterocycles. The Labute approximate surface area is 433 Å². The normalized spacial score (nSPS) is 16.7. The Balaban J connectivity index is 1.44. The Morgan fingerprint density at radius 3 is 1.32 bits per heavy atom. The highest BCUT2D eigenvalue weighted by molar-refractivity contribution is 5.93. The molecule has 0 spiro atoms. The van der Waals surface area contributed by atoms with Gasteiger partial charge in [0, 0.05) is 12.6 Å². The fraction of sp³-hybridized carbons (Fsp3) is 0.333.